The molecule has 0 saturated carbocycles. The topological polar surface area (TPSA) is 32.8 Å². The summed E-state index contributed by atoms with van der Waals surface area (Å²) in [7, 11) is 0. The van der Waals surface area contributed by atoms with Crippen molar-refractivity contribution in [1.29, 1.82) is 0 Å². The van der Waals surface area contributed by atoms with Gasteiger partial charge in [-0.2, -0.15) is 0 Å². The Morgan fingerprint density at radius 3 is 2.43 bits per heavy atom. The van der Waals surface area contributed by atoms with Gasteiger partial charge in [0.2, 0.25) is 0 Å². The molecule has 0 N–H and O–H groups in total. The van der Waals surface area contributed by atoms with Crippen molar-refractivity contribution in [2.75, 3.05) is 19.6 Å². The van der Waals surface area contributed by atoms with Crippen LogP contribution in [0.25, 0.3) is 0 Å². The van der Waals surface area contributed by atoms with Gasteiger partial charge in [-0.1, -0.05) is 42.5 Å². The molecule has 2 aromatic rings. The Morgan fingerprint density at radius 1 is 1.07 bits per heavy atom. The molecule has 2 heterocycles. The molecule has 2 aliphatic heterocycles. The van der Waals surface area contributed by atoms with E-state index in [-0.39, 0.29) is 18.0 Å². The average Bonchev–Trinajstić information content (AvgIpc) is 3.10. The molecule has 4 rings (SSSR count). The smallest absolute Gasteiger partial charge is 0.410 e. The highest BCUT2D eigenvalue weighted by atomic mass is 19.1. The van der Waals surface area contributed by atoms with E-state index in [0.717, 1.165) is 31.6 Å². The minimum atomic E-state index is -0.545. The highest BCUT2D eigenvalue weighted by Crippen LogP contribution is 2.44. The maximum absolute atomic E-state index is 13.6. The van der Waals surface area contributed by atoms with Crippen LogP contribution in [0.4, 0.5) is 9.18 Å². The number of carbonyl (C=O) groups excluding carboxylic acids is 1. The van der Waals surface area contributed by atoms with Crippen molar-refractivity contribution in [2.24, 2.45) is 11.8 Å². The molecule has 3 atom stereocenters. The normalized spacial score (nSPS) is 24.5. The molecule has 0 bridgehead atoms. The summed E-state index contributed by atoms with van der Waals surface area (Å²) in [6.07, 6.45) is 0.684. The van der Waals surface area contributed by atoms with E-state index in [2.05, 4.69) is 29.2 Å². The Bertz CT molecular complexity index is 863. The molecule has 0 spiro atoms. The van der Waals surface area contributed by atoms with Gasteiger partial charge < -0.3 is 9.64 Å². The van der Waals surface area contributed by atoms with Gasteiger partial charge >= 0.3 is 6.09 Å². The lowest BCUT2D eigenvalue weighted by Gasteiger charge is -2.43. The van der Waals surface area contributed by atoms with Crippen LogP contribution in [0.1, 0.15) is 44.4 Å². The van der Waals surface area contributed by atoms with E-state index in [9.17, 15) is 9.18 Å². The summed E-state index contributed by atoms with van der Waals surface area (Å²) in [5.41, 5.74) is 1.74. The average molecular weight is 411 g/mol. The molecule has 3 unspecified atom stereocenters. The molecular formula is C25H31FN2O2. The highest BCUT2D eigenvalue weighted by Gasteiger charge is 2.46. The fourth-order valence-corrected chi connectivity index (χ4v) is 4.91. The third-order valence-corrected chi connectivity index (χ3v) is 6.14. The Balaban J connectivity index is 1.59. The summed E-state index contributed by atoms with van der Waals surface area (Å²) in [4.78, 5) is 17.4. The van der Waals surface area contributed by atoms with Crippen molar-refractivity contribution in [1.82, 2.24) is 9.80 Å². The van der Waals surface area contributed by atoms with Crippen molar-refractivity contribution in [2.45, 2.75) is 45.4 Å². The lowest BCUT2D eigenvalue weighted by molar-refractivity contribution is -0.00525. The summed E-state index contributed by atoms with van der Waals surface area (Å²) in [5, 5.41) is 0. The van der Waals surface area contributed by atoms with Gasteiger partial charge in [0.05, 0.1) is 6.04 Å². The lowest BCUT2D eigenvalue weighted by Crippen LogP contribution is -2.47. The van der Waals surface area contributed by atoms with Crippen LogP contribution in [0.2, 0.25) is 0 Å². The largest absolute Gasteiger partial charge is 0.444 e. The molecule has 5 heteroatoms. The molecule has 0 aromatic heterocycles. The second-order valence-electron chi connectivity index (χ2n) is 9.56. The summed E-state index contributed by atoms with van der Waals surface area (Å²) < 4.78 is 19.3. The number of amides is 1. The van der Waals surface area contributed by atoms with E-state index >= 15 is 0 Å². The maximum atomic E-state index is 13.6. The number of carbonyl (C=O) groups is 1. The summed E-state index contributed by atoms with van der Waals surface area (Å²) in [6.45, 7) is 9.19. The first-order valence-electron chi connectivity index (χ1n) is 10.8. The molecular weight excluding hydrogens is 379 g/mol. The molecule has 0 radical (unpaired) electrons. The molecule has 2 aliphatic rings. The second-order valence-corrected chi connectivity index (χ2v) is 9.56. The third kappa shape index (κ3) is 4.67. The molecule has 1 amide bonds. The van der Waals surface area contributed by atoms with Crippen LogP contribution in [0.5, 0.6) is 0 Å². The van der Waals surface area contributed by atoms with Crippen molar-refractivity contribution < 1.29 is 13.9 Å². The van der Waals surface area contributed by atoms with Gasteiger partial charge in [0, 0.05) is 32.1 Å². The number of nitrogens with zero attached hydrogens (tertiary/aromatic N) is 2. The zero-order chi connectivity index (χ0) is 21.3. The molecule has 4 nitrogen and oxygen atoms in total. The number of rotatable bonds is 3. The van der Waals surface area contributed by atoms with Gasteiger partial charge in [-0.25, -0.2) is 9.18 Å². The van der Waals surface area contributed by atoms with E-state index in [4.69, 9.17) is 4.74 Å². The number of halogens is 1. The fraction of sp³-hybridized carbons (Fsp3) is 0.480. The quantitative estimate of drug-likeness (QED) is 0.692. The Morgan fingerprint density at radius 2 is 1.77 bits per heavy atom. The van der Waals surface area contributed by atoms with Crippen molar-refractivity contribution in [3.63, 3.8) is 0 Å². The SMILES string of the molecule is CC(C)(C)OC(=O)N1CCC2CN(Cc3ccccc3)CC2C1c1ccc(F)cc1. The number of piperidine rings is 1. The fourth-order valence-electron chi connectivity index (χ4n) is 4.91. The van der Waals surface area contributed by atoms with Crippen LogP contribution < -0.4 is 0 Å². The first-order valence-corrected chi connectivity index (χ1v) is 10.8. The van der Waals surface area contributed by atoms with Crippen molar-refractivity contribution in [3.05, 3.63) is 71.5 Å². The van der Waals surface area contributed by atoms with E-state index in [1.165, 1.54) is 17.7 Å². The van der Waals surface area contributed by atoms with E-state index in [1.807, 2.05) is 43.9 Å². The number of hydrogen-bond acceptors (Lipinski definition) is 3. The second kappa shape index (κ2) is 8.38. The zero-order valence-corrected chi connectivity index (χ0v) is 18.1. The van der Waals surface area contributed by atoms with Gasteiger partial charge in [-0.3, -0.25) is 4.90 Å². The molecule has 30 heavy (non-hydrogen) atoms. The van der Waals surface area contributed by atoms with E-state index in [0.29, 0.717) is 18.4 Å². The van der Waals surface area contributed by atoms with E-state index < -0.39 is 5.60 Å². The predicted molar refractivity (Wildman–Crippen MR) is 115 cm³/mol. The van der Waals surface area contributed by atoms with Gasteiger partial charge in [-0.15, -0.1) is 0 Å². The Kier molecular flexibility index (Phi) is 5.83. The van der Waals surface area contributed by atoms with Crippen molar-refractivity contribution in [3.8, 4) is 0 Å². The summed E-state index contributed by atoms with van der Waals surface area (Å²) in [6, 6.07) is 17.0. The van der Waals surface area contributed by atoms with E-state index in [1.54, 1.807) is 0 Å². The number of likely N-dealkylation sites (tertiary alicyclic amines) is 2. The van der Waals surface area contributed by atoms with Crippen LogP contribution in [-0.2, 0) is 11.3 Å². The molecule has 2 fully saturated rings. The third-order valence-electron chi connectivity index (χ3n) is 6.14. The van der Waals surface area contributed by atoms with Gasteiger partial charge in [-0.05, 0) is 56.4 Å². The number of benzene rings is 2. The predicted octanol–water partition coefficient (Wildman–Crippen LogP) is 5.26. The maximum Gasteiger partial charge on any atom is 0.410 e. The summed E-state index contributed by atoms with van der Waals surface area (Å²) >= 11 is 0. The lowest BCUT2D eigenvalue weighted by atomic mass is 9.79. The standard InChI is InChI=1S/C25H31FN2O2/c1-25(2,3)30-24(29)28-14-13-20-16-27(15-18-7-5-4-6-8-18)17-22(20)23(28)19-9-11-21(26)12-10-19/h4-12,20,22-23H,13-17H2,1-3H3. The van der Waals surface area contributed by atoms with Crippen LogP contribution in [-0.4, -0.2) is 41.1 Å². The Labute approximate surface area is 178 Å². The molecule has 2 saturated heterocycles. The van der Waals surface area contributed by atoms with Gasteiger partial charge in [0.25, 0.3) is 0 Å². The molecule has 0 aliphatic carbocycles. The molecule has 160 valence electrons. The Hall–Kier alpha value is -2.40. The zero-order valence-electron chi connectivity index (χ0n) is 18.1. The van der Waals surface area contributed by atoms with Crippen molar-refractivity contribution >= 4 is 6.09 Å². The highest BCUT2D eigenvalue weighted by molar-refractivity contribution is 5.69. The van der Waals surface area contributed by atoms with Crippen LogP contribution in [0, 0.1) is 17.7 Å². The van der Waals surface area contributed by atoms with Gasteiger partial charge in [0.1, 0.15) is 11.4 Å². The minimum Gasteiger partial charge on any atom is -0.444 e. The number of ether oxygens (including phenoxy) is 1. The first kappa shape index (κ1) is 20.9. The monoisotopic (exact) mass is 410 g/mol. The van der Waals surface area contributed by atoms with Crippen LogP contribution >= 0.6 is 0 Å². The van der Waals surface area contributed by atoms with Crippen LogP contribution in [0.3, 0.4) is 0 Å². The van der Waals surface area contributed by atoms with Crippen LogP contribution in [0.15, 0.2) is 54.6 Å². The first-order chi connectivity index (χ1) is 14.3. The number of fused-ring (bicyclic) bond motifs is 1. The van der Waals surface area contributed by atoms with Gasteiger partial charge in [0.15, 0.2) is 0 Å². The minimum absolute atomic E-state index is 0.0972. The summed E-state index contributed by atoms with van der Waals surface area (Å²) in [5.74, 6) is 0.565. The number of hydrogen-bond donors (Lipinski definition) is 0. The molecule has 2 aromatic carbocycles.